The Bertz CT molecular complexity index is 632. The van der Waals surface area contributed by atoms with Crippen molar-refractivity contribution in [3.63, 3.8) is 0 Å². The number of rotatable bonds is 5. The van der Waals surface area contributed by atoms with Gasteiger partial charge < -0.3 is 10.2 Å². The van der Waals surface area contributed by atoms with Crippen LogP contribution in [0.2, 0.25) is 5.02 Å². The van der Waals surface area contributed by atoms with Crippen LogP contribution in [0, 0.1) is 0 Å². The summed E-state index contributed by atoms with van der Waals surface area (Å²) in [5, 5.41) is 8.22. The number of hydrogen-bond donors (Lipinski definition) is 1. The van der Waals surface area contributed by atoms with Crippen molar-refractivity contribution >= 4 is 17.5 Å². The second kappa shape index (κ2) is 6.94. The number of benzene rings is 1. The van der Waals surface area contributed by atoms with Gasteiger partial charge >= 0.3 is 0 Å². The molecular formula is C16H19ClN4O. The fraction of sp³-hybridized carbons (Fsp3) is 0.375. The third-order valence-electron chi connectivity index (χ3n) is 3.79. The first kappa shape index (κ1) is 15.1. The van der Waals surface area contributed by atoms with E-state index < -0.39 is 0 Å². The largest absolute Gasteiger partial charge is 0.342 e. The van der Waals surface area contributed by atoms with Crippen molar-refractivity contribution < 1.29 is 4.79 Å². The zero-order chi connectivity index (χ0) is 15.4. The lowest BCUT2D eigenvalue weighted by Crippen LogP contribution is -2.35. The normalized spacial score (nSPS) is 14.5. The zero-order valence-corrected chi connectivity index (χ0v) is 13.1. The predicted octanol–water partition coefficient (Wildman–Crippen LogP) is 2.24. The van der Waals surface area contributed by atoms with Crippen molar-refractivity contribution in [2.24, 2.45) is 0 Å². The van der Waals surface area contributed by atoms with E-state index in [2.05, 4.69) is 10.4 Å². The van der Waals surface area contributed by atoms with E-state index in [0.717, 1.165) is 37.2 Å². The fourth-order valence-corrected chi connectivity index (χ4v) is 2.70. The van der Waals surface area contributed by atoms with E-state index in [9.17, 15) is 4.79 Å². The molecule has 2 heterocycles. The molecule has 0 aliphatic carbocycles. The molecule has 2 aromatic rings. The molecule has 22 heavy (non-hydrogen) atoms. The van der Waals surface area contributed by atoms with Crippen molar-refractivity contribution in [2.75, 3.05) is 19.6 Å². The number of nitrogens with zero attached hydrogens (tertiary/aromatic N) is 3. The van der Waals surface area contributed by atoms with Gasteiger partial charge in [-0.05, 0) is 37.1 Å². The third-order valence-corrected chi connectivity index (χ3v) is 4.04. The van der Waals surface area contributed by atoms with E-state index in [4.69, 9.17) is 11.6 Å². The molecule has 0 saturated carbocycles. The molecule has 1 aromatic carbocycles. The van der Waals surface area contributed by atoms with Crippen molar-refractivity contribution in [3.8, 4) is 5.69 Å². The Kier molecular flexibility index (Phi) is 4.75. The summed E-state index contributed by atoms with van der Waals surface area (Å²) in [6, 6.07) is 7.52. The number of carbonyl (C=O) groups is 1. The fourth-order valence-electron chi connectivity index (χ4n) is 2.58. The van der Waals surface area contributed by atoms with Crippen LogP contribution in [-0.4, -0.2) is 40.2 Å². The molecule has 0 atom stereocenters. The summed E-state index contributed by atoms with van der Waals surface area (Å²) in [5.74, 6) is 0.183. The highest BCUT2D eigenvalue weighted by Crippen LogP contribution is 2.13. The van der Waals surface area contributed by atoms with Gasteiger partial charge in [0.1, 0.15) is 0 Å². The summed E-state index contributed by atoms with van der Waals surface area (Å²) >= 11 is 5.88. The number of halogens is 1. The Morgan fingerprint density at radius 1 is 1.23 bits per heavy atom. The maximum Gasteiger partial charge on any atom is 0.236 e. The molecule has 5 nitrogen and oxygen atoms in total. The van der Waals surface area contributed by atoms with E-state index in [1.165, 1.54) is 0 Å². The summed E-state index contributed by atoms with van der Waals surface area (Å²) in [7, 11) is 0. The molecule has 1 aliphatic rings. The van der Waals surface area contributed by atoms with Crippen LogP contribution in [0.15, 0.2) is 36.7 Å². The van der Waals surface area contributed by atoms with E-state index in [1.54, 1.807) is 4.68 Å². The molecule has 1 saturated heterocycles. The first-order chi connectivity index (χ1) is 10.7. The summed E-state index contributed by atoms with van der Waals surface area (Å²) < 4.78 is 1.80. The molecule has 1 aromatic heterocycles. The van der Waals surface area contributed by atoms with Crippen molar-refractivity contribution in [2.45, 2.75) is 19.4 Å². The third kappa shape index (κ3) is 3.67. The quantitative estimate of drug-likeness (QED) is 0.920. The molecule has 1 fully saturated rings. The van der Waals surface area contributed by atoms with Gasteiger partial charge in [-0.15, -0.1) is 0 Å². The van der Waals surface area contributed by atoms with Crippen LogP contribution in [0.25, 0.3) is 5.69 Å². The van der Waals surface area contributed by atoms with Gasteiger partial charge in [-0.1, -0.05) is 11.6 Å². The molecule has 1 amide bonds. The average Bonchev–Trinajstić information content (AvgIpc) is 3.19. The number of hydrogen-bond acceptors (Lipinski definition) is 3. The molecule has 116 valence electrons. The van der Waals surface area contributed by atoms with Crippen LogP contribution in [0.3, 0.4) is 0 Å². The molecule has 6 heteroatoms. The van der Waals surface area contributed by atoms with Gasteiger partial charge in [0.05, 0.1) is 18.4 Å². The van der Waals surface area contributed by atoms with Gasteiger partial charge in [0.15, 0.2) is 0 Å². The van der Waals surface area contributed by atoms with Crippen molar-refractivity contribution in [1.29, 1.82) is 0 Å². The van der Waals surface area contributed by atoms with Gasteiger partial charge in [0.25, 0.3) is 0 Å². The Hall–Kier alpha value is -1.85. The Morgan fingerprint density at radius 2 is 1.95 bits per heavy atom. The zero-order valence-electron chi connectivity index (χ0n) is 12.3. The molecule has 0 spiro atoms. The minimum absolute atomic E-state index is 0.183. The van der Waals surface area contributed by atoms with Crippen LogP contribution < -0.4 is 5.32 Å². The number of nitrogens with one attached hydrogen (secondary N) is 1. The standard InChI is InChI=1S/C16H19ClN4O/c17-14-3-5-15(6-4-14)21-12-13(10-19-21)9-18-11-16(22)20-7-1-2-8-20/h3-6,10,12,18H,1-2,7-9,11H2. The molecule has 1 N–H and O–H groups in total. The number of aromatic nitrogens is 2. The highest BCUT2D eigenvalue weighted by atomic mass is 35.5. The monoisotopic (exact) mass is 318 g/mol. The SMILES string of the molecule is O=C(CNCc1cnn(-c2ccc(Cl)cc2)c1)N1CCCC1. The minimum atomic E-state index is 0.183. The van der Waals surface area contributed by atoms with E-state index in [-0.39, 0.29) is 5.91 Å². The first-order valence-electron chi connectivity index (χ1n) is 7.50. The lowest BCUT2D eigenvalue weighted by molar-refractivity contribution is -0.129. The molecule has 3 rings (SSSR count). The number of carbonyl (C=O) groups excluding carboxylic acids is 1. The number of likely N-dealkylation sites (tertiary alicyclic amines) is 1. The maximum atomic E-state index is 11.9. The van der Waals surface area contributed by atoms with Gasteiger partial charge in [0.2, 0.25) is 5.91 Å². The van der Waals surface area contributed by atoms with Crippen LogP contribution in [0.4, 0.5) is 0 Å². The van der Waals surface area contributed by atoms with E-state index >= 15 is 0 Å². The molecule has 0 radical (unpaired) electrons. The second-order valence-electron chi connectivity index (χ2n) is 5.46. The van der Waals surface area contributed by atoms with Gasteiger partial charge in [-0.2, -0.15) is 5.10 Å². The van der Waals surface area contributed by atoms with Gasteiger partial charge in [0, 0.05) is 36.4 Å². The highest BCUT2D eigenvalue weighted by Gasteiger charge is 2.16. The minimum Gasteiger partial charge on any atom is -0.342 e. The van der Waals surface area contributed by atoms with Crippen LogP contribution in [0.5, 0.6) is 0 Å². The first-order valence-corrected chi connectivity index (χ1v) is 7.88. The summed E-state index contributed by atoms with van der Waals surface area (Å²) in [6.45, 7) is 2.81. The van der Waals surface area contributed by atoms with E-state index in [0.29, 0.717) is 18.1 Å². The van der Waals surface area contributed by atoms with Crippen molar-refractivity contribution in [1.82, 2.24) is 20.0 Å². The summed E-state index contributed by atoms with van der Waals surface area (Å²) in [6.07, 6.45) is 6.01. The highest BCUT2D eigenvalue weighted by molar-refractivity contribution is 6.30. The van der Waals surface area contributed by atoms with Crippen LogP contribution in [-0.2, 0) is 11.3 Å². The average molecular weight is 319 g/mol. The summed E-state index contributed by atoms with van der Waals surface area (Å²) in [4.78, 5) is 13.8. The Morgan fingerprint density at radius 3 is 2.68 bits per heavy atom. The maximum absolute atomic E-state index is 11.9. The van der Waals surface area contributed by atoms with Gasteiger partial charge in [-0.25, -0.2) is 4.68 Å². The smallest absolute Gasteiger partial charge is 0.236 e. The second-order valence-corrected chi connectivity index (χ2v) is 5.90. The van der Waals surface area contributed by atoms with Crippen LogP contribution in [0.1, 0.15) is 18.4 Å². The number of amides is 1. The predicted molar refractivity (Wildman–Crippen MR) is 86.1 cm³/mol. The molecule has 1 aliphatic heterocycles. The summed E-state index contributed by atoms with van der Waals surface area (Å²) in [5.41, 5.74) is 2.01. The lowest BCUT2D eigenvalue weighted by atomic mass is 10.3. The molecule has 0 unspecified atom stereocenters. The van der Waals surface area contributed by atoms with Gasteiger partial charge in [-0.3, -0.25) is 4.79 Å². The van der Waals surface area contributed by atoms with E-state index in [1.807, 2.05) is 41.6 Å². The molecule has 0 bridgehead atoms. The van der Waals surface area contributed by atoms with Crippen molar-refractivity contribution in [3.05, 3.63) is 47.2 Å². The topological polar surface area (TPSA) is 50.2 Å². The van der Waals surface area contributed by atoms with Crippen LogP contribution >= 0.6 is 11.6 Å². The molecular weight excluding hydrogens is 300 g/mol. The Balaban J connectivity index is 1.51. The lowest BCUT2D eigenvalue weighted by Gasteiger charge is -2.15. The Labute approximate surface area is 134 Å².